The van der Waals surface area contributed by atoms with Gasteiger partial charge >= 0.3 is 5.97 Å². The average Bonchev–Trinajstić information content (AvgIpc) is 3.09. The van der Waals surface area contributed by atoms with E-state index in [0.29, 0.717) is 23.9 Å². The monoisotopic (exact) mass is 354 g/mol. The molecule has 1 aliphatic rings. The van der Waals surface area contributed by atoms with Gasteiger partial charge in [0, 0.05) is 12.3 Å². The van der Waals surface area contributed by atoms with E-state index in [0.717, 1.165) is 25.2 Å². The van der Waals surface area contributed by atoms with Gasteiger partial charge in [0.2, 0.25) is 0 Å². The Balaban J connectivity index is 2.03. The Bertz CT molecular complexity index is 551. The molecule has 134 valence electrons. The zero-order chi connectivity index (χ0) is 17.5. The molecule has 2 atom stereocenters. The predicted octanol–water partition coefficient (Wildman–Crippen LogP) is 2.20. The summed E-state index contributed by atoms with van der Waals surface area (Å²) in [6, 6.07) is 5.26. The number of carboxylic acids is 1. The Labute approximate surface area is 147 Å². The third kappa shape index (κ3) is 4.78. The van der Waals surface area contributed by atoms with Crippen molar-refractivity contribution >= 4 is 17.7 Å². The molecule has 24 heavy (non-hydrogen) atoms. The molecule has 6 nitrogen and oxygen atoms in total. The lowest BCUT2D eigenvalue weighted by molar-refractivity contribution is -0.138. The molecule has 0 spiro atoms. The first-order chi connectivity index (χ1) is 11.6. The van der Waals surface area contributed by atoms with Gasteiger partial charge in [-0.05, 0) is 30.8 Å². The molecule has 2 rings (SSSR count). The van der Waals surface area contributed by atoms with Gasteiger partial charge in [0.25, 0.3) is 0 Å². The van der Waals surface area contributed by atoms with Crippen LogP contribution in [0.2, 0.25) is 0 Å². The molecule has 0 aliphatic carbocycles. The van der Waals surface area contributed by atoms with Gasteiger partial charge in [-0.1, -0.05) is 19.9 Å². The van der Waals surface area contributed by atoms with Crippen LogP contribution in [0.3, 0.4) is 0 Å². The van der Waals surface area contributed by atoms with Crippen molar-refractivity contribution in [2.24, 2.45) is 0 Å². The number of ether oxygens (including phenoxy) is 2. The molecule has 7 heteroatoms. The van der Waals surface area contributed by atoms with Gasteiger partial charge in [0.05, 0.1) is 12.5 Å². The molecule has 0 aromatic heterocycles. The summed E-state index contributed by atoms with van der Waals surface area (Å²) in [4.78, 5) is 13.4. The number of thioether (sulfide) groups is 1. The molecule has 2 unspecified atom stereocenters. The maximum atomic E-state index is 11.1. The quantitative estimate of drug-likeness (QED) is 0.704. The smallest absolute Gasteiger partial charge is 0.321 e. The molecule has 1 saturated heterocycles. The number of rotatable bonds is 9. The van der Waals surface area contributed by atoms with E-state index in [-0.39, 0.29) is 5.37 Å². The van der Waals surface area contributed by atoms with Gasteiger partial charge < -0.3 is 19.5 Å². The molecular formula is C17H26N2O4S. The molecule has 1 heterocycles. The number of methoxy groups -OCH3 is 1. The van der Waals surface area contributed by atoms with Crippen LogP contribution in [0, 0.1) is 0 Å². The number of likely N-dealkylation sites (N-methyl/N-ethyl adjacent to an activating group) is 1. The third-order valence-corrected chi connectivity index (χ3v) is 5.40. The summed E-state index contributed by atoms with van der Waals surface area (Å²) in [6.07, 6.45) is 0. The molecule has 0 amide bonds. The van der Waals surface area contributed by atoms with Crippen LogP contribution in [0.1, 0.15) is 24.8 Å². The van der Waals surface area contributed by atoms with Gasteiger partial charge in [0.15, 0.2) is 11.5 Å². The number of hydrogen-bond acceptors (Lipinski definition) is 6. The van der Waals surface area contributed by atoms with Crippen LogP contribution in [0.15, 0.2) is 18.2 Å². The molecule has 0 radical (unpaired) electrons. The molecule has 2 N–H and O–H groups in total. The van der Waals surface area contributed by atoms with Crippen LogP contribution < -0.4 is 14.8 Å². The fraction of sp³-hybridized carbons (Fsp3) is 0.588. The highest BCUT2D eigenvalue weighted by Crippen LogP contribution is 2.37. The van der Waals surface area contributed by atoms with E-state index >= 15 is 0 Å². The highest BCUT2D eigenvalue weighted by atomic mass is 32.2. The van der Waals surface area contributed by atoms with E-state index in [1.807, 2.05) is 18.2 Å². The number of aliphatic carboxylic acids is 1. The third-order valence-electron chi connectivity index (χ3n) is 4.13. The summed E-state index contributed by atoms with van der Waals surface area (Å²) in [6.45, 7) is 7.70. The van der Waals surface area contributed by atoms with E-state index in [2.05, 4.69) is 24.1 Å². The predicted molar refractivity (Wildman–Crippen MR) is 96.0 cm³/mol. The Morgan fingerprint density at radius 3 is 2.71 bits per heavy atom. The van der Waals surface area contributed by atoms with E-state index in [1.54, 1.807) is 18.9 Å². The second-order valence-corrected chi connectivity index (χ2v) is 6.69. The van der Waals surface area contributed by atoms with Crippen molar-refractivity contribution in [3.8, 4) is 11.5 Å². The minimum atomic E-state index is -0.811. The second kappa shape index (κ2) is 9.15. The van der Waals surface area contributed by atoms with E-state index in [1.165, 1.54) is 0 Å². The number of nitrogens with one attached hydrogen (secondary N) is 1. The molecule has 1 aromatic carbocycles. The maximum absolute atomic E-state index is 11.1. The van der Waals surface area contributed by atoms with Crippen molar-refractivity contribution in [3.63, 3.8) is 0 Å². The van der Waals surface area contributed by atoms with Gasteiger partial charge in [-0.3, -0.25) is 10.1 Å². The number of hydrogen-bond donors (Lipinski definition) is 2. The van der Waals surface area contributed by atoms with Gasteiger partial charge in [0.1, 0.15) is 12.6 Å². The molecule has 1 fully saturated rings. The first-order valence-electron chi connectivity index (χ1n) is 8.22. The van der Waals surface area contributed by atoms with Crippen molar-refractivity contribution in [1.29, 1.82) is 0 Å². The summed E-state index contributed by atoms with van der Waals surface area (Å²) < 4.78 is 11.3. The highest BCUT2D eigenvalue weighted by Gasteiger charge is 2.30. The fourth-order valence-electron chi connectivity index (χ4n) is 2.60. The van der Waals surface area contributed by atoms with E-state index < -0.39 is 12.0 Å². The zero-order valence-corrected chi connectivity index (χ0v) is 15.3. The first-order valence-corrected chi connectivity index (χ1v) is 9.27. The summed E-state index contributed by atoms with van der Waals surface area (Å²) in [5.41, 5.74) is 1.00. The van der Waals surface area contributed by atoms with Gasteiger partial charge in [-0.15, -0.1) is 11.8 Å². The topological polar surface area (TPSA) is 71.0 Å². The standard InChI is InChI=1S/C17H26N2O4S/c1-4-19(5-2)8-9-23-15-10-12(6-7-14(15)22-3)16-18-13(11-24-16)17(20)21/h6-7,10,13,16,18H,4-5,8-9,11H2,1-3H3,(H,20,21). The SMILES string of the molecule is CCN(CC)CCOc1cc(C2NC(C(=O)O)CS2)ccc1OC. The van der Waals surface area contributed by atoms with Crippen molar-refractivity contribution in [1.82, 2.24) is 10.2 Å². The molecule has 0 saturated carbocycles. The van der Waals surface area contributed by atoms with Crippen molar-refractivity contribution in [2.45, 2.75) is 25.3 Å². The fourth-order valence-corrected chi connectivity index (χ4v) is 3.82. The Morgan fingerprint density at radius 2 is 2.12 bits per heavy atom. The Morgan fingerprint density at radius 1 is 1.38 bits per heavy atom. The highest BCUT2D eigenvalue weighted by molar-refractivity contribution is 7.99. The van der Waals surface area contributed by atoms with Crippen LogP contribution in [0.25, 0.3) is 0 Å². The lowest BCUT2D eigenvalue weighted by Crippen LogP contribution is -2.33. The Kier molecular flexibility index (Phi) is 7.20. The largest absolute Gasteiger partial charge is 0.493 e. The lowest BCUT2D eigenvalue weighted by atomic mass is 10.2. The summed E-state index contributed by atoms with van der Waals surface area (Å²) >= 11 is 1.59. The number of benzene rings is 1. The number of carboxylic acid groups (broad SMARTS) is 1. The summed E-state index contributed by atoms with van der Waals surface area (Å²) in [5, 5.41) is 12.2. The lowest BCUT2D eigenvalue weighted by Gasteiger charge is -2.19. The van der Waals surface area contributed by atoms with Crippen LogP contribution in [-0.4, -0.2) is 61.1 Å². The normalized spacial score (nSPS) is 20.3. The second-order valence-electron chi connectivity index (χ2n) is 5.56. The number of carbonyl (C=O) groups is 1. The van der Waals surface area contributed by atoms with Crippen LogP contribution in [0.4, 0.5) is 0 Å². The maximum Gasteiger partial charge on any atom is 0.321 e. The summed E-state index contributed by atoms with van der Waals surface area (Å²) in [7, 11) is 1.62. The number of nitrogens with zero attached hydrogens (tertiary/aromatic N) is 1. The van der Waals surface area contributed by atoms with Crippen molar-refractivity contribution in [2.75, 3.05) is 39.1 Å². The van der Waals surface area contributed by atoms with E-state index in [9.17, 15) is 4.79 Å². The van der Waals surface area contributed by atoms with Crippen LogP contribution in [-0.2, 0) is 4.79 Å². The van der Waals surface area contributed by atoms with E-state index in [4.69, 9.17) is 14.6 Å². The average molecular weight is 354 g/mol. The van der Waals surface area contributed by atoms with Crippen LogP contribution >= 0.6 is 11.8 Å². The van der Waals surface area contributed by atoms with Gasteiger partial charge in [-0.2, -0.15) is 0 Å². The molecule has 1 aliphatic heterocycles. The zero-order valence-electron chi connectivity index (χ0n) is 14.4. The molecular weight excluding hydrogens is 328 g/mol. The molecule has 1 aromatic rings. The summed E-state index contributed by atoms with van der Waals surface area (Å²) in [5.74, 6) is 1.14. The Hall–Kier alpha value is -1.44. The van der Waals surface area contributed by atoms with Crippen molar-refractivity contribution < 1.29 is 19.4 Å². The molecule has 0 bridgehead atoms. The minimum absolute atomic E-state index is 0.0397. The minimum Gasteiger partial charge on any atom is -0.493 e. The first kappa shape index (κ1) is 18.9. The van der Waals surface area contributed by atoms with Crippen molar-refractivity contribution in [3.05, 3.63) is 23.8 Å². The van der Waals surface area contributed by atoms with Gasteiger partial charge in [-0.25, -0.2) is 0 Å². The van der Waals surface area contributed by atoms with Crippen LogP contribution in [0.5, 0.6) is 11.5 Å².